The predicted octanol–water partition coefficient (Wildman–Crippen LogP) is 9.77. The van der Waals surface area contributed by atoms with E-state index in [0.29, 0.717) is 62.2 Å². The van der Waals surface area contributed by atoms with Crippen molar-refractivity contribution in [2.24, 2.45) is 5.92 Å². The van der Waals surface area contributed by atoms with Crippen LogP contribution in [0.2, 0.25) is 0 Å². The third-order valence-corrected chi connectivity index (χ3v) is 16.2. The number of hydrogen-bond acceptors (Lipinski definition) is 14. The lowest BCUT2D eigenvalue weighted by atomic mass is 9.98. The number of fused-ring (bicyclic) bond motifs is 8. The largest absolute Gasteiger partial charge is 0.496 e. The summed E-state index contributed by atoms with van der Waals surface area (Å²) in [5.41, 5.74) is 12.1. The van der Waals surface area contributed by atoms with Gasteiger partial charge in [-0.25, -0.2) is 0 Å². The van der Waals surface area contributed by atoms with E-state index in [1.165, 1.54) is 23.3 Å². The minimum absolute atomic E-state index is 0.00584. The van der Waals surface area contributed by atoms with E-state index in [9.17, 15) is 38.4 Å². The molecule has 5 aromatic carbocycles. The van der Waals surface area contributed by atoms with Gasteiger partial charge in [-0.15, -0.1) is 12.6 Å². The van der Waals surface area contributed by atoms with Gasteiger partial charge < -0.3 is 34.6 Å². The van der Waals surface area contributed by atoms with Crippen molar-refractivity contribution in [2.45, 2.75) is 156 Å². The van der Waals surface area contributed by atoms with Gasteiger partial charge in [0.05, 0.1) is 20.3 Å². The molecule has 0 saturated carbocycles. The molecule has 19 nitrogen and oxygen atoms in total. The molecule has 0 unspecified atom stereocenters. The van der Waals surface area contributed by atoms with Crippen LogP contribution in [0.3, 0.4) is 0 Å². The number of Topliss-reactive ketones (excluding diaryl/α,β-unsaturated/α-hetero) is 2. The molecule has 0 saturated heterocycles. The summed E-state index contributed by atoms with van der Waals surface area (Å²) in [6.45, 7) is 11.8. The van der Waals surface area contributed by atoms with Gasteiger partial charge >= 0.3 is 10.6 Å². The van der Waals surface area contributed by atoms with Crippen LogP contribution in [0.1, 0.15) is 152 Å². The van der Waals surface area contributed by atoms with Gasteiger partial charge in [0.1, 0.15) is 18.1 Å². The molecule has 0 fully saturated rings. The lowest BCUT2D eigenvalue weighted by Crippen LogP contribution is -2.38. The zero-order valence-corrected chi connectivity index (χ0v) is 52.2. The molecule has 6 amide bonds. The Kier molecular flexibility index (Phi) is 23.7. The lowest BCUT2D eigenvalue weighted by Gasteiger charge is -2.23. The minimum atomic E-state index is -3.11. The van der Waals surface area contributed by atoms with Gasteiger partial charge in [0.2, 0.25) is 11.8 Å². The van der Waals surface area contributed by atoms with Crippen LogP contribution < -0.4 is 34.6 Å². The fourth-order valence-electron chi connectivity index (χ4n) is 11.6. The average molecular weight is 1220 g/mol. The number of para-hydroxylation sites is 2. The number of carbonyl (C=O) groups is 8. The lowest BCUT2D eigenvalue weighted by molar-refractivity contribution is -0.137. The monoisotopic (exact) mass is 1220 g/mol. The number of hydrogen-bond donors (Lipinski definition) is 2. The molecule has 10 rings (SSSR count). The number of ether oxygens (including phenoxy) is 3. The number of amides is 6. The average Bonchev–Trinajstić information content (AvgIpc) is 3.05. The number of nitrogens with one attached hydrogen (secondary N) is 2. The van der Waals surface area contributed by atoms with Crippen LogP contribution in [0.25, 0.3) is 0 Å². The Balaban J connectivity index is 0.000000190. The van der Waals surface area contributed by atoms with Crippen molar-refractivity contribution in [3.8, 4) is 17.2 Å². The number of carbonyl (C=O) groups excluding carboxylic acids is 8. The van der Waals surface area contributed by atoms with E-state index < -0.39 is 16.7 Å². The zero-order chi connectivity index (χ0) is 63.8. The third kappa shape index (κ3) is 17.0. The molecular formula is C68H79N5O14S. The quantitative estimate of drug-likeness (QED) is 0.0544. The van der Waals surface area contributed by atoms with E-state index in [2.05, 4.69) is 47.9 Å². The van der Waals surface area contributed by atoms with Gasteiger partial charge in [0.25, 0.3) is 23.6 Å². The first kappa shape index (κ1) is 66.7. The van der Waals surface area contributed by atoms with E-state index in [0.717, 1.165) is 106 Å². The summed E-state index contributed by atoms with van der Waals surface area (Å²) >= 11 is 0. The first-order valence-corrected chi connectivity index (χ1v) is 31.1. The Morgan fingerprint density at radius 1 is 0.636 bits per heavy atom. The number of nitrogens with zero attached hydrogens (tertiary/aromatic N) is 3. The SMILES string of the molecule is CCC(=O)[C@H](C)NC(=O)CCCCC(=O)CCCN1C(=O)C=CC1=O.CCc1cc(COc2cc3c(cc2OC)C(=O)N2c4ccccc4C[C@H]2CC3)cc(NC(=O)C(C)C)c1.COc1cc2c(cc1C)C(=O)N1c3ccccc3C[C@H]1CC2.O=S(=O)=O. The topological polar surface area (TPSA) is 249 Å². The number of rotatable bonds is 20. The molecule has 0 radical (unpaired) electrons. The summed E-state index contributed by atoms with van der Waals surface area (Å²) in [6.07, 6.45) is 11.8. The number of anilines is 3. The van der Waals surface area contributed by atoms with Crippen LogP contribution in [0.15, 0.2) is 103 Å². The molecular weight excluding hydrogens is 1140 g/mol. The maximum Gasteiger partial charge on any atom is 0.425 e. The second-order valence-corrected chi connectivity index (χ2v) is 23.1. The summed E-state index contributed by atoms with van der Waals surface area (Å²) in [6, 6.07) is 30.3. The fraction of sp³-hybridized carbons (Fsp3) is 0.412. The Morgan fingerprint density at radius 2 is 1.16 bits per heavy atom. The van der Waals surface area contributed by atoms with Crippen LogP contribution in [-0.2, 0) is 78.1 Å². The fourth-order valence-corrected chi connectivity index (χ4v) is 11.6. The molecule has 0 aromatic heterocycles. The van der Waals surface area contributed by atoms with Crippen molar-refractivity contribution in [3.63, 3.8) is 0 Å². The van der Waals surface area contributed by atoms with Crippen molar-refractivity contribution in [1.29, 1.82) is 0 Å². The maximum absolute atomic E-state index is 13.7. The molecule has 5 aliphatic rings. The summed E-state index contributed by atoms with van der Waals surface area (Å²) in [5, 5.41) is 5.64. The Bertz CT molecular complexity index is 3580. The van der Waals surface area contributed by atoms with Gasteiger partial charge in [0.15, 0.2) is 17.3 Å². The second-order valence-electron chi connectivity index (χ2n) is 22.7. The van der Waals surface area contributed by atoms with Crippen molar-refractivity contribution in [2.75, 3.05) is 35.9 Å². The molecule has 5 aliphatic heterocycles. The predicted molar refractivity (Wildman–Crippen MR) is 334 cm³/mol. The molecule has 2 N–H and O–H groups in total. The van der Waals surface area contributed by atoms with Gasteiger partial charge in [-0.2, -0.15) is 0 Å². The number of unbranched alkanes of at least 4 members (excludes halogenated alkanes) is 1. The maximum atomic E-state index is 13.7. The van der Waals surface area contributed by atoms with E-state index in [-0.39, 0.29) is 78.0 Å². The Hall–Kier alpha value is -8.78. The molecule has 20 heteroatoms. The molecule has 5 heterocycles. The normalized spacial score (nSPS) is 16.0. The molecule has 3 atom stereocenters. The van der Waals surface area contributed by atoms with Crippen molar-refractivity contribution in [1.82, 2.24) is 10.2 Å². The number of methoxy groups -OCH3 is 2. The summed E-state index contributed by atoms with van der Waals surface area (Å²) in [4.78, 5) is 102. The van der Waals surface area contributed by atoms with Crippen molar-refractivity contribution in [3.05, 3.63) is 153 Å². The number of aryl methyl sites for hydroxylation is 4. The summed E-state index contributed by atoms with van der Waals surface area (Å²) in [5.74, 6) is 1.27. The highest BCUT2D eigenvalue weighted by atomic mass is 32.2. The highest BCUT2D eigenvalue weighted by Crippen LogP contribution is 2.42. The van der Waals surface area contributed by atoms with Crippen LogP contribution in [0.4, 0.5) is 17.1 Å². The van der Waals surface area contributed by atoms with Gasteiger partial charge in [-0.3, -0.25) is 43.3 Å². The van der Waals surface area contributed by atoms with Crippen LogP contribution in [0, 0.1) is 12.8 Å². The molecule has 88 heavy (non-hydrogen) atoms. The first-order chi connectivity index (χ1) is 42.1. The van der Waals surface area contributed by atoms with E-state index in [4.69, 9.17) is 26.8 Å². The second kappa shape index (κ2) is 31.2. The molecule has 0 spiro atoms. The zero-order valence-electron chi connectivity index (χ0n) is 51.4. The molecule has 5 aromatic rings. The van der Waals surface area contributed by atoms with Crippen molar-refractivity contribution < 1.29 is 65.2 Å². The Labute approximate surface area is 516 Å². The number of benzene rings is 5. The molecule has 466 valence electrons. The van der Waals surface area contributed by atoms with E-state index >= 15 is 0 Å². The highest BCUT2D eigenvalue weighted by molar-refractivity contribution is 7.59. The highest BCUT2D eigenvalue weighted by Gasteiger charge is 2.39. The summed E-state index contributed by atoms with van der Waals surface area (Å²) in [7, 11) is 0.169. The Morgan fingerprint density at radius 3 is 1.70 bits per heavy atom. The third-order valence-electron chi connectivity index (χ3n) is 16.2. The summed E-state index contributed by atoms with van der Waals surface area (Å²) < 4.78 is 42.7. The van der Waals surface area contributed by atoms with Crippen molar-refractivity contribution >= 4 is 74.7 Å². The van der Waals surface area contributed by atoms with Gasteiger partial charge in [-0.1, -0.05) is 70.2 Å². The minimum Gasteiger partial charge on any atom is -0.496 e. The van der Waals surface area contributed by atoms with Crippen LogP contribution in [-0.4, -0.2) is 103 Å². The van der Waals surface area contributed by atoms with Gasteiger partial charge in [-0.05, 0) is 166 Å². The first-order valence-electron chi connectivity index (χ1n) is 30.1. The number of ketones is 2. The van der Waals surface area contributed by atoms with E-state index in [1.54, 1.807) is 28.1 Å². The van der Waals surface area contributed by atoms with Gasteiger partial charge in [0, 0.05) is 90.6 Å². The smallest absolute Gasteiger partial charge is 0.425 e. The molecule has 0 bridgehead atoms. The standard InChI is InChI=1S/C31H34N2O4.C19H19NO2.C18H26N2O5.O3S/c1-5-20-12-21(14-24(13-20)32-30(34)19(2)3)18-37-29-16-22-10-11-25-15-23-8-6-7-9-27(23)33(25)31(35)26(22)17-28(29)36-4;1-12-9-16-13(11-18(12)22-2)7-8-15-10-14-5-3-4-6-17(14)20(15)19(16)21;1-3-15(22)13(2)19-16(23)9-5-4-7-14(21)8-6-12-20-17(24)10-11-18(20)25;1-4(2)3/h6-9,12-14,16-17,19,25H,5,10-11,15,18H2,1-4H3,(H,32,34);3-6,9,11,15H,7-8,10H2,1-2H3;10-11,13H,3-9,12H2,1-2H3,(H,19,23);/t25-;15-;13-;/m110./s1. The molecule has 0 aliphatic carbocycles. The van der Waals surface area contributed by atoms with Crippen LogP contribution in [0.5, 0.6) is 17.2 Å². The number of imide groups is 1. The van der Waals surface area contributed by atoms with E-state index in [1.807, 2.05) is 91.2 Å². The van der Waals surface area contributed by atoms with Crippen LogP contribution >= 0.6 is 0 Å².